The predicted molar refractivity (Wildman–Crippen MR) is 463 cm³/mol. The maximum atomic E-state index is 14.3. The normalized spacial score (nSPS) is 27.5. The van der Waals surface area contributed by atoms with Crippen molar-refractivity contribution in [2.45, 2.75) is 341 Å². The number of primary amides is 3. The largest absolute Gasteiger partial charge is 0.363 e. The molecule has 0 spiro atoms. The molecule has 3 heterocycles. The van der Waals surface area contributed by atoms with E-state index in [1.807, 2.05) is 48.5 Å². The van der Waals surface area contributed by atoms with Crippen LogP contribution < -0.4 is 60.2 Å². The summed E-state index contributed by atoms with van der Waals surface area (Å²) in [5.41, 5.74) is 16.2. The third-order valence-corrected chi connectivity index (χ3v) is 34.7. The number of carbonyl (C=O) groups excluding carboxylic acids is 14. The maximum Gasteiger partial charge on any atom is 0.315 e. The zero-order valence-corrected chi connectivity index (χ0v) is 79.6. The summed E-state index contributed by atoms with van der Waals surface area (Å²) in [4.78, 5) is 187. The Hall–Kier alpha value is -7.35. The molecule has 32 nitrogen and oxygen atoms in total. The molecule has 0 aromatic heterocycles. The summed E-state index contributed by atoms with van der Waals surface area (Å²) in [5.74, 6) is -15.4. The van der Waals surface area contributed by atoms with Crippen molar-refractivity contribution in [1.29, 1.82) is 0 Å². The Labute approximate surface area is 745 Å². The molecule has 13 amide bonds. The van der Waals surface area contributed by atoms with E-state index < -0.39 is 237 Å². The van der Waals surface area contributed by atoms with Crippen LogP contribution in [-0.4, -0.2) is 232 Å². The van der Waals surface area contributed by atoms with Gasteiger partial charge in [0.05, 0.1) is 56.2 Å². The number of hydrogen-bond acceptors (Lipinski definition) is 19. The molecule has 714 valence electrons. The molecule has 0 radical (unpaired) electrons. The second kappa shape index (κ2) is 36.1. The molecule has 3 aliphatic heterocycles. The molecule has 11 fully saturated rings. The third-order valence-electron chi connectivity index (χ3n) is 29.1. The first-order chi connectivity index (χ1) is 56.7. The molecule has 11 aliphatic rings. The van der Waals surface area contributed by atoms with Crippen molar-refractivity contribution in [3.8, 4) is 0 Å². The zero-order chi connectivity index (χ0) is 94.7. The Morgan fingerprint density at radius 1 is 0.381 bits per heavy atom. The van der Waals surface area contributed by atoms with Crippen molar-refractivity contribution in [2.24, 2.45) is 109 Å². The molecule has 3 saturated heterocycles. The zero-order valence-electron chi connectivity index (χ0n) is 77.2. The highest BCUT2D eigenvalue weighted by Crippen LogP contribution is 2.67. The van der Waals surface area contributed by atoms with E-state index in [0.29, 0.717) is 18.9 Å². The lowest BCUT2D eigenvalue weighted by Crippen LogP contribution is -2.64. The van der Waals surface area contributed by atoms with Crippen LogP contribution in [0.15, 0.2) is 0 Å². The van der Waals surface area contributed by atoms with Crippen LogP contribution in [0.4, 0.5) is 27.2 Å². The minimum atomic E-state index is -3.84. The molecule has 0 aromatic carbocycles. The van der Waals surface area contributed by atoms with Crippen LogP contribution in [0.2, 0.25) is 0 Å². The van der Waals surface area contributed by atoms with E-state index in [-0.39, 0.29) is 134 Å². The van der Waals surface area contributed by atoms with E-state index in [9.17, 15) is 102 Å². The fourth-order valence-electron chi connectivity index (χ4n) is 19.4. The van der Waals surface area contributed by atoms with Gasteiger partial charge in [0.15, 0.2) is 19.7 Å². The van der Waals surface area contributed by atoms with Gasteiger partial charge in [-0.2, -0.15) is 0 Å². The first-order valence-electron chi connectivity index (χ1n) is 44.2. The Bertz CT molecular complexity index is 4270. The SMILES string of the molecule is CC(C)(C)[C@H](N)C(=O)N1CC2[C@@H]([C@H]1C(=O)NC(CC1CC1)C(=O)C(N)=O)C2(C)C.CC(C)(C)[C@H](NC(=O)NC1(CS(=O)(=O)C(C)(C)C)CCC(F)(F)CC1)C(=O)N1CC2[C@@H]([C@H]1C(=O)NC(CC1CC1)C(=O)C(N)=O)C2(C)C.CC(C)(C)[C@H](NC(=O)NC1(CS(=O)(=O)C(C)(C)C)CCC(F)(F)CC1)C(=O)N1CC2[C@@H]([C@H]1C(=O)NC(CC1CC1)C(=O)C(N)=O)C2(C)C.Cl. The molecule has 15 N–H and O–H groups in total. The maximum absolute atomic E-state index is 14.3. The second-order valence-electron chi connectivity index (χ2n) is 45.2. The van der Waals surface area contributed by atoms with Gasteiger partial charge in [0, 0.05) is 45.3 Å². The first kappa shape index (κ1) is 104. The number of sulfone groups is 2. The topological polar surface area (TPSA) is 505 Å². The van der Waals surface area contributed by atoms with Gasteiger partial charge >= 0.3 is 12.1 Å². The number of ketones is 3. The van der Waals surface area contributed by atoms with E-state index >= 15 is 0 Å². The van der Waals surface area contributed by atoms with Gasteiger partial charge < -0.3 is 74.9 Å². The summed E-state index contributed by atoms with van der Waals surface area (Å²) in [5, 5.41) is 18.9. The van der Waals surface area contributed by atoms with Crippen molar-refractivity contribution >= 4 is 115 Å². The van der Waals surface area contributed by atoms with E-state index in [2.05, 4.69) is 51.1 Å². The molecule has 8 saturated carbocycles. The number of nitrogens with two attached hydrogens (primary N) is 4. The first-order valence-corrected chi connectivity index (χ1v) is 47.5. The minimum absolute atomic E-state index is 0. The van der Waals surface area contributed by atoms with Crippen LogP contribution in [0.25, 0.3) is 0 Å². The summed E-state index contributed by atoms with van der Waals surface area (Å²) in [6.45, 7) is 38.2. The number of halogens is 5. The lowest BCUT2D eigenvalue weighted by Gasteiger charge is -2.43. The highest BCUT2D eigenvalue weighted by molar-refractivity contribution is 7.93. The van der Waals surface area contributed by atoms with Crippen molar-refractivity contribution in [3.63, 3.8) is 0 Å². The van der Waals surface area contributed by atoms with Crippen LogP contribution in [0.3, 0.4) is 0 Å². The van der Waals surface area contributed by atoms with E-state index in [4.69, 9.17) is 22.9 Å². The molecule has 15 atom stereocenters. The molecule has 0 aromatic rings. The number of fused-ring (bicyclic) bond motifs is 3. The highest BCUT2D eigenvalue weighted by Gasteiger charge is 2.73. The predicted octanol–water partition coefficient (Wildman–Crippen LogP) is 5.97. The molecule has 6 unspecified atom stereocenters. The molecule has 39 heteroatoms. The van der Waals surface area contributed by atoms with Crippen molar-refractivity contribution in [1.82, 2.24) is 51.9 Å². The molecular formula is C87H141ClF4N14O18S2. The Kier molecular flexibility index (Phi) is 29.8. The van der Waals surface area contributed by atoms with Crippen LogP contribution in [0.1, 0.15) is 255 Å². The van der Waals surface area contributed by atoms with Gasteiger partial charge in [-0.05, 0) is 172 Å². The van der Waals surface area contributed by atoms with Gasteiger partial charge in [0.25, 0.3) is 17.7 Å². The lowest BCUT2D eigenvalue weighted by atomic mass is 9.81. The van der Waals surface area contributed by atoms with E-state index in [1.165, 1.54) is 51.3 Å². The van der Waals surface area contributed by atoms with Crippen molar-refractivity contribution in [2.75, 3.05) is 31.1 Å². The van der Waals surface area contributed by atoms with Crippen LogP contribution in [0.5, 0.6) is 0 Å². The average molecular weight is 1850 g/mol. The molecule has 126 heavy (non-hydrogen) atoms. The summed E-state index contributed by atoms with van der Waals surface area (Å²) in [6, 6.07) is -10.6. The number of Topliss-reactive ketones (excluding diaryl/α,β-unsaturated/α-hetero) is 3. The van der Waals surface area contributed by atoms with Gasteiger partial charge in [-0.25, -0.2) is 44.0 Å². The monoisotopic (exact) mass is 1840 g/mol. The summed E-state index contributed by atoms with van der Waals surface area (Å²) < 4.78 is 107. The summed E-state index contributed by atoms with van der Waals surface area (Å²) in [7, 11) is -7.68. The third kappa shape index (κ3) is 23.5. The summed E-state index contributed by atoms with van der Waals surface area (Å²) in [6.07, 6.45) is 2.93. The van der Waals surface area contributed by atoms with Crippen molar-refractivity contribution in [3.05, 3.63) is 0 Å². The Balaban J connectivity index is 0.000000240. The van der Waals surface area contributed by atoms with Crippen molar-refractivity contribution < 1.29 is 102 Å². The van der Waals surface area contributed by atoms with Crippen LogP contribution >= 0.6 is 12.4 Å². The second-order valence-corrected chi connectivity index (χ2v) is 50.7. The van der Waals surface area contributed by atoms with Crippen LogP contribution in [0, 0.1) is 85.8 Å². The number of hydrogen-bond donors (Lipinski definition) is 11. The van der Waals surface area contributed by atoms with Gasteiger partial charge in [-0.15, -0.1) is 12.4 Å². The molecule has 11 rings (SSSR count). The number of rotatable bonds is 29. The summed E-state index contributed by atoms with van der Waals surface area (Å²) >= 11 is 0. The standard InChI is InChI=1S/2C33H53F2N5O7S.C21H34N4O4.ClH/c2*1-29(2,3)24(38-28(45)39-32(11-13-33(34,35)14-12-32)17-48(46,47)30(4,5)6)27(44)40-16-19-21(31(19,7)8)22(40)26(43)37-20(15-18-9-10-18)23(41)25(36)42;1-20(2,3)16(22)19(29)25-9-11-13(21(11,4)5)14(25)18(28)24-12(8-10-6-7-10)15(26)17(23)27;/h2*18-22,24H,9-17H2,1-8H3,(H2,36,42)(H,37,43)(H2,38,39,45);10-14,16H,6-9,22H2,1-5H3,(H2,23,27)(H,24,28);1H/t2*19?,20?,21-,22-,24+;11?,12?,13-,14-,16+;/m000./s1. The molecule has 0 bridgehead atoms. The van der Waals surface area contributed by atoms with Gasteiger partial charge in [0.1, 0.15) is 30.2 Å². The van der Waals surface area contributed by atoms with Crippen LogP contribution in [-0.2, 0) is 77.2 Å². The molecular weight excluding hydrogens is 1700 g/mol. The smallest absolute Gasteiger partial charge is 0.315 e. The fraction of sp³-hybridized carbons (Fsp3) is 0.839. The Morgan fingerprint density at radius 2 is 0.619 bits per heavy atom. The Morgan fingerprint density at radius 3 is 0.825 bits per heavy atom. The number of urea groups is 2. The van der Waals surface area contributed by atoms with E-state index in [0.717, 1.165) is 38.5 Å². The lowest BCUT2D eigenvalue weighted by molar-refractivity contribution is -0.145. The molecule has 8 aliphatic carbocycles. The minimum Gasteiger partial charge on any atom is -0.363 e. The van der Waals surface area contributed by atoms with Gasteiger partial charge in [-0.1, -0.05) is 142 Å². The van der Waals surface area contributed by atoms with E-state index in [1.54, 1.807) is 46.4 Å². The number of nitrogens with one attached hydrogen (secondary N) is 7. The van der Waals surface area contributed by atoms with Gasteiger partial charge in [-0.3, -0.25) is 57.5 Å². The number of carbonyl (C=O) groups is 14. The average Bonchev–Trinajstić information content (AvgIpc) is 1.53. The van der Waals surface area contributed by atoms with Gasteiger partial charge in [0.2, 0.25) is 64.6 Å². The number of amides is 13. The number of piperidine rings is 3. The fourth-order valence-corrected chi connectivity index (χ4v) is 22.5. The number of alkyl halides is 4. The number of nitrogens with zero attached hydrogens (tertiary/aromatic N) is 3. The quantitative estimate of drug-likeness (QED) is 0.0303. The number of likely N-dealkylation sites (tertiary alicyclic amines) is 3. The highest BCUT2D eigenvalue weighted by atomic mass is 35.5.